The average Bonchev–Trinajstić information content (AvgIpc) is 2.74. The number of nitrogens with zero attached hydrogens (tertiary/aromatic N) is 2. The van der Waals surface area contributed by atoms with Crippen molar-refractivity contribution in [2.45, 2.75) is 32.7 Å². The number of hydrogen-bond donors (Lipinski definition) is 1. The van der Waals surface area contributed by atoms with Crippen molar-refractivity contribution < 1.29 is 14.6 Å². The fourth-order valence-electron chi connectivity index (χ4n) is 3.09. The van der Waals surface area contributed by atoms with Gasteiger partial charge in [0.25, 0.3) is 5.56 Å². The average molecular weight is 427 g/mol. The molecule has 0 amide bonds. The number of aliphatic carboxylic acids is 1. The number of halogens is 1. The number of aromatic nitrogens is 2. The molecule has 1 N–H and O–H groups in total. The Morgan fingerprint density at radius 3 is 2.47 bits per heavy atom. The van der Waals surface area contributed by atoms with Gasteiger partial charge in [-0.05, 0) is 36.2 Å². The van der Waals surface area contributed by atoms with Crippen molar-refractivity contribution in [1.82, 2.24) is 9.55 Å². The number of aryl methyl sites for hydroxylation is 2. The largest absolute Gasteiger partial charge is 0.492 e. The minimum Gasteiger partial charge on any atom is -0.492 e. The number of carboxylic acid groups (broad SMARTS) is 1. The highest BCUT2D eigenvalue weighted by molar-refractivity contribution is 6.30. The van der Waals surface area contributed by atoms with Gasteiger partial charge >= 0.3 is 5.97 Å². The first-order valence-corrected chi connectivity index (χ1v) is 10.1. The molecule has 0 saturated carbocycles. The normalized spacial score (nSPS) is 10.7. The maximum absolute atomic E-state index is 12.7. The highest BCUT2D eigenvalue weighted by Crippen LogP contribution is 2.19. The third kappa shape index (κ3) is 5.70. The molecule has 0 bridgehead atoms. The lowest BCUT2D eigenvalue weighted by atomic mass is 10.1. The van der Waals surface area contributed by atoms with Crippen LogP contribution in [0, 0.1) is 0 Å². The highest BCUT2D eigenvalue weighted by Gasteiger charge is 2.09. The van der Waals surface area contributed by atoms with Crippen molar-refractivity contribution in [3.05, 3.63) is 81.4 Å². The minimum absolute atomic E-state index is 0.0991. The van der Waals surface area contributed by atoms with Crippen LogP contribution < -0.4 is 10.3 Å². The third-order valence-electron chi connectivity index (χ3n) is 4.68. The van der Waals surface area contributed by atoms with Gasteiger partial charge in [0.15, 0.2) is 0 Å². The molecule has 0 aliphatic heterocycles. The number of carboxylic acids is 1. The molecule has 0 aliphatic rings. The zero-order valence-corrected chi connectivity index (χ0v) is 17.4. The summed E-state index contributed by atoms with van der Waals surface area (Å²) in [6, 6.07) is 16.1. The first kappa shape index (κ1) is 21.6. The second-order valence-electron chi connectivity index (χ2n) is 6.79. The summed E-state index contributed by atoms with van der Waals surface area (Å²) < 4.78 is 7.38. The van der Waals surface area contributed by atoms with Gasteiger partial charge in [-0.1, -0.05) is 42.8 Å². The fraction of sp³-hybridized carbons (Fsp3) is 0.261. The molecule has 2 aromatic carbocycles. The smallest absolute Gasteiger partial charge is 0.303 e. The van der Waals surface area contributed by atoms with E-state index >= 15 is 0 Å². The van der Waals surface area contributed by atoms with Gasteiger partial charge in [-0.3, -0.25) is 14.2 Å². The Hall–Kier alpha value is -3.12. The quantitative estimate of drug-likeness (QED) is 0.554. The summed E-state index contributed by atoms with van der Waals surface area (Å²) >= 11 is 5.93. The summed E-state index contributed by atoms with van der Waals surface area (Å²) in [4.78, 5) is 28.0. The molecule has 0 radical (unpaired) electrons. The molecule has 0 spiro atoms. The zero-order chi connectivity index (χ0) is 21.5. The van der Waals surface area contributed by atoms with Crippen LogP contribution in [0.1, 0.15) is 24.7 Å². The number of benzene rings is 2. The molecule has 156 valence electrons. The predicted octanol–water partition coefficient (Wildman–Crippen LogP) is 4.22. The SMILES string of the molecule is CCc1nc(-c2ccc(Cl)cc2)cc(=O)n1CCOc1ccc(CCC(=O)O)cc1. The molecule has 3 rings (SSSR count). The van der Waals surface area contributed by atoms with E-state index in [1.165, 1.54) is 6.07 Å². The van der Waals surface area contributed by atoms with Gasteiger partial charge in [-0.15, -0.1) is 0 Å². The van der Waals surface area contributed by atoms with E-state index in [0.717, 1.165) is 11.1 Å². The molecule has 0 atom stereocenters. The van der Waals surface area contributed by atoms with E-state index in [9.17, 15) is 9.59 Å². The van der Waals surface area contributed by atoms with E-state index in [4.69, 9.17) is 21.4 Å². The Morgan fingerprint density at radius 2 is 1.83 bits per heavy atom. The number of carbonyl (C=O) groups is 1. The van der Waals surface area contributed by atoms with Gasteiger partial charge in [0.05, 0.1) is 12.2 Å². The van der Waals surface area contributed by atoms with Crippen molar-refractivity contribution in [2.24, 2.45) is 0 Å². The lowest BCUT2D eigenvalue weighted by Gasteiger charge is -2.13. The Kier molecular flexibility index (Phi) is 7.25. The summed E-state index contributed by atoms with van der Waals surface area (Å²) in [6.45, 7) is 2.67. The van der Waals surface area contributed by atoms with Crippen LogP contribution in [0.15, 0.2) is 59.4 Å². The van der Waals surface area contributed by atoms with Crippen LogP contribution in [0.2, 0.25) is 5.02 Å². The first-order valence-electron chi connectivity index (χ1n) is 9.76. The number of hydrogen-bond acceptors (Lipinski definition) is 4. The highest BCUT2D eigenvalue weighted by atomic mass is 35.5. The topological polar surface area (TPSA) is 81.4 Å². The van der Waals surface area contributed by atoms with Crippen molar-refractivity contribution in [3.8, 4) is 17.0 Å². The van der Waals surface area contributed by atoms with Crippen LogP contribution in [0.5, 0.6) is 5.75 Å². The summed E-state index contributed by atoms with van der Waals surface area (Å²) in [5.74, 6) is 0.550. The van der Waals surface area contributed by atoms with Crippen LogP contribution >= 0.6 is 11.6 Å². The van der Waals surface area contributed by atoms with Crippen molar-refractivity contribution in [1.29, 1.82) is 0 Å². The second kappa shape index (κ2) is 10.1. The van der Waals surface area contributed by atoms with Gasteiger partial charge in [-0.25, -0.2) is 4.98 Å². The van der Waals surface area contributed by atoms with Gasteiger partial charge < -0.3 is 9.84 Å². The molecule has 0 saturated heterocycles. The Morgan fingerprint density at radius 1 is 1.13 bits per heavy atom. The molecule has 0 fully saturated rings. The third-order valence-corrected chi connectivity index (χ3v) is 4.93. The molecule has 1 heterocycles. The van der Waals surface area contributed by atoms with Gasteiger partial charge in [-0.2, -0.15) is 0 Å². The Labute approximate surface area is 179 Å². The van der Waals surface area contributed by atoms with Crippen LogP contribution in [0.4, 0.5) is 0 Å². The summed E-state index contributed by atoms with van der Waals surface area (Å²) in [5.41, 5.74) is 2.29. The molecule has 7 heteroatoms. The molecule has 0 unspecified atom stereocenters. The Balaban J connectivity index is 1.65. The van der Waals surface area contributed by atoms with Crippen LogP contribution in [-0.4, -0.2) is 27.2 Å². The molecule has 1 aromatic heterocycles. The first-order chi connectivity index (χ1) is 14.5. The standard InChI is InChI=1S/C23H23ClN2O4/c1-2-21-25-20(17-6-8-18(24)9-7-17)15-22(27)26(21)13-14-30-19-10-3-16(4-11-19)5-12-23(28)29/h3-4,6-11,15H,2,5,12-14H2,1H3,(H,28,29). The van der Waals surface area contributed by atoms with E-state index < -0.39 is 5.97 Å². The van der Waals surface area contributed by atoms with E-state index in [-0.39, 0.29) is 12.0 Å². The van der Waals surface area contributed by atoms with Crippen LogP contribution in [0.25, 0.3) is 11.3 Å². The van der Waals surface area contributed by atoms with E-state index in [0.29, 0.717) is 48.3 Å². The minimum atomic E-state index is -0.816. The van der Waals surface area contributed by atoms with E-state index in [1.54, 1.807) is 16.7 Å². The molecule has 30 heavy (non-hydrogen) atoms. The second-order valence-corrected chi connectivity index (χ2v) is 7.23. The zero-order valence-electron chi connectivity index (χ0n) is 16.7. The molecule has 3 aromatic rings. The van der Waals surface area contributed by atoms with Gasteiger partial charge in [0, 0.05) is 29.5 Å². The Bertz CT molecular complexity index is 1060. The van der Waals surface area contributed by atoms with Crippen molar-refractivity contribution >= 4 is 17.6 Å². The lowest BCUT2D eigenvalue weighted by Crippen LogP contribution is -2.27. The van der Waals surface area contributed by atoms with E-state index in [1.807, 2.05) is 43.3 Å². The molecule has 0 aliphatic carbocycles. The van der Waals surface area contributed by atoms with Crippen molar-refractivity contribution in [2.75, 3.05) is 6.61 Å². The lowest BCUT2D eigenvalue weighted by molar-refractivity contribution is -0.136. The van der Waals surface area contributed by atoms with Gasteiger partial charge in [0.2, 0.25) is 0 Å². The number of ether oxygens (including phenoxy) is 1. The predicted molar refractivity (Wildman–Crippen MR) is 116 cm³/mol. The molecule has 6 nitrogen and oxygen atoms in total. The molecular weight excluding hydrogens is 404 g/mol. The number of rotatable bonds is 9. The van der Waals surface area contributed by atoms with Crippen molar-refractivity contribution in [3.63, 3.8) is 0 Å². The fourth-order valence-corrected chi connectivity index (χ4v) is 3.22. The van der Waals surface area contributed by atoms with Gasteiger partial charge in [0.1, 0.15) is 18.2 Å². The summed E-state index contributed by atoms with van der Waals surface area (Å²) in [7, 11) is 0. The summed E-state index contributed by atoms with van der Waals surface area (Å²) in [6.07, 6.45) is 1.20. The monoisotopic (exact) mass is 426 g/mol. The van der Waals surface area contributed by atoms with Crippen LogP contribution in [-0.2, 0) is 24.2 Å². The van der Waals surface area contributed by atoms with E-state index in [2.05, 4.69) is 4.98 Å². The molecular formula is C23H23ClN2O4. The van der Waals surface area contributed by atoms with Crippen LogP contribution in [0.3, 0.4) is 0 Å². The maximum atomic E-state index is 12.7. The summed E-state index contributed by atoms with van der Waals surface area (Å²) in [5, 5.41) is 9.38. The maximum Gasteiger partial charge on any atom is 0.303 e.